The standard InChI is InChI=1S/C22H37N5O2S.HI/c1-23-21(24-17-19-11-5-6-12-20(19)26-30(2,28)29)25-18-22(13-7-3-8-14-22)27-15-9-4-10-16-27;/h5-6,11-12,26H,3-4,7-10,13-18H2,1-2H3,(H2,23,24,25);1H. The Labute approximate surface area is 204 Å². The van der Waals surface area contributed by atoms with Crippen LogP contribution in [0.1, 0.15) is 56.9 Å². The van der Waals surface area contributed by atoms with E-state index in [0.717, 1.165) is 18.1 Å². The van der Waals surface area contributed by atoms with Crippen LogP contribution >= 0.6 is 24.0 Å². The number of rotatable bonds is 7. The molecule has 3 N–H and O–H groups in total. The number of nitrogens with zero attached hydrogens (tertiary/aromatic N) is 2. The van der Waals surface area contributed by atoms with Crippen molar-refractivity contribution in [1.29, 1.82) is 0 Å². The van der Waals surface area contributed by atoms with E-state index in [1.165, 1.54) is 70.7 Å². The molecule has 31 heavy (non-hydrogen) atoms. The molecule has 1 aromatic rings. The van der Waals surface area contributed by atoms with Crippen molar-refractivity contribution in [3.05, 3.63) is 29.8 Å². The van der Waals surface area contributed by atoms with Crippen molar-refractivity contribution in [3.8, 4) is 0 Å². The molecule has 1 aromatic carbocycles. The minimum atomic E-state index is -3.32. The molecule has 1 heterocycles. The first-order valence-electron chi connectivity index (χ1n) is 11.2. The van der Waals surface area contributed by atoms with Gasteiger partial charge in [-0.05, 0) is 50.4 Å². The number of hydrogen-bond acceptors (Lipinski definition) is 4. The van der Waals surface area contributed by atoms with Crippen LogP contribution in [-0.4, -0.2) is 57.8 Å². The van der Waals surface area contributed by atoms with E-state index in [0.29, 0.717) is 12.2 Å². The number of halogens is 1. The van der Waals surface area contributed by atoms with Crippen LogP contribution in [0.25, 0.3) is 0 Å². The summed E-state index contributed by atoms with van der Waals surface area (Å²) in [6.07, 6.45) is 11.6. The Morgan fingerprint density at radius 2 is 1.68 bits per heavy atom. The van der Waals surface area contributed by atoms with Gasteiger partial charge in [0.2, 0.25) is 10.0 Å². The molecule has 1 aliphatic heterocycles. The minimum Gasteiger partial charge on any atom is -0.355 e. The van der Waals surface area contributed by atoms with Gasteiger partial charge in [-0.3, -0.25) is 14.6 Å². The number of anilines is 1. The maximum atomic E-state index is 11.6. The first-order valence-corrected chi connectivity index (χ1v) is 13.1. The number of benzene rings is 1. The zero-order valence-electron chi connectivity index (χ0n) is 18.8. The normalized spacial score (nSPS) is 19.9. The van der Waals surface area contributed by atoms with E-state index in [1.807, 2.05) is 18.2 Å². The number of aliphatic imine (C=N–C) groups is 1. The predicted octanol–water partition coefficient (Wildman–Crippen LogP) is 3.53. The van der Waals surface area contributed by atoms with E-state index in [2.05, 4.69) is 25.2 Å². The first-order chi connectivity index (χ1) is 14.4. The summed E-state index contributed by atoms with van der Waals surface area (Å²) in [5.74, 6) is 0.756. The first kappa shape index (κ1) is 26.2. The van der Waals surface area contributed by atoms with Crippen molar-refractivity contribution >= 4 is 45.6 Å². The summed E-state index contributed by atoms with van der Waals surface area (Å²) in [7, 11) is -1.54. The van der Waals surface area contributed by atoms with Crippen LogP contribution in [0.15, 0.2) is 29.3 Å². The average Bonchev–Trinajstić information content (AvgIpc) is 2.75. The minimum absolute atomic E-state index is 0. The summed E-state index contributed by atoms with van der Waals surface area (Å²) in [4.78, 5) is 7.13. The second-order valence-corrected chi connectivity index (χ2v) is 10.4. The fraction of sp³-hybridized carbons (Fsp3) is 0.682. The van der Waals surface area contributed by atoms with Gasteiger partial charge < -0.3 is 10.6 Å². The molecule has 0 unspecified atom stereocenters. The van der Waals surface area contributed by atoms with E-state index in [-0.39, 0.29) is 29.5 Å². The third-order valence-corrected chi connectivity index (χ3v) is 6.97. The van der Waals surface area contributed by atoms with Crippen molar-refractivity contribution in [2.75, 3.05) is 37.7 Å². The van der Waals surface area contributed by atoms with Crippen LogP contribution in [0.3, 0.4) is 0 Å². The van der Waals surface area contributed by atoms with Gasteiger partial charge in [0.05, 0.1) is 11.9 Å². The molecule has 0 radical (unpaired) electrons. The Kier molecular flexibility index (Phi) is 10.3. The third-order valence-electron chi connectivity index (χ3n) is 6.38. The van der Waals surface area contributed by atoms with Crippen molar-refractivity contribution < 1.29 is 8.42 Å². The molecule has 1 saturated heterocycles. The van der Waals surface area contributed by atoms with Gasteiger partial charge in [0.15, 0.2) is 5.96 Å². The number of sulfonamides is 1. The highest BCUT2D eigenvalue weighted by Crippen LogP contribution is 2.35. The van der Waals surface area contributed by atoms with Gasteiger partial charge in [0.1, 0.15) is 0 Å². The van der Waals surface area contributed by atoms with E-state index >= 15 is 0 Å². The second-order valence-electron chi connectivity index (χ2n) is 8.64. The molecule has 1 aliphatic carbocycles. The molecule has 3 rings (SSSR count). The van der Waals surface area contributed by atoms with Crippen LogP contribution < -0.4 is 15.4 Å². The maximum Gasteiger partial charge on any atom is 0.229 e. The molecular weight excluding hydrogens is 525 g/mol. The fourth-order valence-corrected chi connectivity index (χ4v) is 5.40. The van der Waals surface area contributed by atoms with E-state index in [1.54, 1.807) is 13.1 Å². The number of piperidine rings is 1. The SMILES string of the molecule is CN=C(NCc1ccccc1NS(C)(=O)=O)NCC1(N2CCCCC2)CCCCC1.I. The van der Waals surface area contributed by atoms with Gasteiger partial charge in [-0.2, -0.15) is 0 Å². The van der Waals surface area contributed by atoms with Crippen molar-refractivity contribution in [2.45, 2.75) is 63.5 Å². The van der Waals surface area contributed by atoms with Gasteiger partial charge >= 0.3 is 0 Å². The summed E-state index contributed by atoms with van der Waals surface area (Å²) in [5, 5.41) is 6.93. The Balaban J connectivity index is 0.00000341. The number of para-hydroxylation sites is 1. The lowest BCUT2D eigenvalue weighted by Gasteiger charge is -2.48. The predicted molar refractivity (Wildman–Crippen MR) is 140 cm³/mol. The maximum absolute atomic E-state index is 11.6. The molecule has 7 nitrogen and oxygen atoms in total. The van der Waals surface area contributed by atoms with Gasteiger partial charge in [-0.15, -0.1) is 24.0 Å². The number of likely N-dealkylation sites (tertiary alicyclic amines) is 1. The van der Waals surface area contributed by atoms with Crippen molar-refractivity contribution in [1.82, 2.24) is 15.5 Å². The molecular formula is C22H38IN5O2S. The topological polar surface area (TPSA) is 85.8 Å². The summed E-state index contributed by atoms with van der Waals surface area (Å²) in [6.45, 7) is 3.81. The van der Waals surface area contributed by atoms with Crippen LogP contribution in [0.5, 0.6) is 0 Å². The summed E-state index contributed by atoms with van der Waals surface area (Å²) in [5.41, 5.74) is 1.71. The van der Waals surface area contributed by atoms with Crippen LogP contribution in [0.4, 0.5) is 5.69 Å². The third kappa shape index (κ3) is 7.78. The molecule has 0 atom stereocenters. The zero-order valence-corrected chi connectivity index (χ0v) is 22.0. The van der Waals surface area contributed by atoms with Crippen LogP contribution in [-0.2, 0) is 16.6 Å². The molecule has 0 spiro atoms. The highest BCUT2D eigenvalue weighted by atomic mass is 127. The van der Waals surface area contributed by atoms with Crippen molar-refractivity contribution in [2.24, 2.45) is 4.99 Å². The Hall–Kier alpha value is -1.07. The highest BCUT2D eigenvalue weighted by Gasteiger charge is 2.38. The van der Waals surface area contributed by atoms with E-state index in [9.17, 15) is 8.42 Å². The lowest BCUT2D eigenvalue weighted by molar-refractivity contribution is 0.0368. The zero-order chi connectivity index (χ0) is 21.5. The molecule has 9 heteroatoms. The summed E-state index contributed by atoms with van der Waals surface area (Å²) in [6, 6.07) is 7.44. The molecule has 0 aromatic heterocycles. The van der Waals surface area contributed by atoms with Crippen LogP contribution in [0, 0.1) is 0 Å². The Morgan fingerprint density at radius 1 is 1.03 bits per heavy atom. The summed E-state index contributed by atoms with van der Waals surface area (Å²) < 4.78 is 25.9. The smallest absolute Gasteiger partial charge is 0.229 e. The molecule has 2 aliphatic rings. The second kappa shape index (κ2) is 12.2. The Bertz CT molecular complexity index is 819. The average molecular weight is 564 g/mol. The number of hydrogen-bond donors (Lipinski definition) is 3. The van der Waals surface area contributed by atoms with Gasteiger partial charge in [0.25, 0.3) is 0 Å². The van der Waals surface area contributed by atoms with Crippen molar-refractivity contribution in [3.63, 3.8) is 0 Å². The molecule has 1 saturated carbocycles. The summed E-state index contributed by atoms with van der Waals surface area (Å²) >= 11 is 0. The quantitative estimate of drug-likeness (QED) is 0.269. The molecule has 0 bridgehead atoms. The van der Waals surface area contributed by atoms with E-state index < -0.39 is 10.0 Å². The lowest BCUT2D eigenvalue weighted by atomic mass is 9.79. The monoisotopic (exact) mass is 563 g/mol. The lowest BCUT2D eigenvalue weighted by Crippen LogP contribution is -2.59. The molecule has 0 amide bonds. The number of guanidine groups is 1. The molecule has 2 fully saturated rings. The fourth-order valence-electron chi connectivity index (χ4n) is 4.80. The number of nitrogens with one attached hydrogen (secondary N) is 3. The van der Waals surface area contributed by atoms with E-state index in [4.69, 9.17) is 0 Å². The Morgan fingerprint density at radius 3 is 2.32 bits per heavy atom. The highest BCUT2D eigenvalue weighted by molar-refractivity contribution is 14.0. The van der Waals surface area contributed by atoms with Gasteiger partial charge in [0, 0.05) is 25.7 Å². The van der Waals surface area contributed by atoms with Gasteiger partial charge in [-0.1, -0.05) is 43.9 Å². The van der Waals surface area contributed by atoms with Crippen LogP contribution in [0.2, 0.25) is 0 Å². The molecule has 176 valence electrons. The largest absolute Gasteiger partial charge is 0.355 e. The van der Waals surface area contributed by atoms with Gasteiger partial charge in [-0.25, -0.2) is 8.42 Å².